The lowest BCUT2D eigenvalue weighted by atomic mass is 9.98. The first-order valence-electron chi connectivity index (χ1n) is 7.39. The Morgan fingerprint density at radius 3 is 2.68 bits per heavy atom. The zero-order valence-electron chi connectivity index (χ0n) is 12.4. The molecule has 1 fully saturated rings. The third kappa shape index (κ3) is 2.68. The Labute approximate surface area is 128 Å². The highest BCUT2D eigenvalue weighted by molar-refractivity contribution is 5.99. The second-order valence-corrected chi connectivity index (χ2v) is 5.85. The maximum atomic E-state index is 12.6. The Morgan fingerprint density at radius 2 is 2.05 bits per heavy atom. The first-order valence-corrected chi connectivity index (χ1v) is 7.39. The zero-order chi connectivity index (χ0) is 15.9. The Balaban J connectivity index is 1.87. The van der Waals surface area contributed by atoms with Crippen LogP contribution in [0.1, 0.15) is 35.2 Å². The van der Waals surface area contributed by atoms with E-state index in [0.717, 1.165) is 24.1 Å². The van der Waals surface area contributed by atoms with Gasteiger partial charge in [-0.1, -0.05) is 0 Å². The van der Waals surface area contributed by atoms with E-state index < -0.39 is 5.97 Å². The van der Waals surface area contributed by atoms with E-state index in [-0.39, 0.29) is 24.4 Å². The molecule has 2 aliphatic rings. The smallest absolute Gasteiger partial charge is 0.323 e. The van der Waals surface area contributed by atoms with Gasteiger partial charge in [-0.2, -0.15) is 0 Å². The minimum absolute atomic E-state index is 0.0453. The second-order valence-electron chi connectivity index (χ2n) is 5.85. The van der Waals surface area contributed by atoms with Gasteiger partial charge in [0.2, 0.25) is 5.91 Å². The molecular weight excluding hydrogens is 284 g/mol. The van der Waals surface area contributed by atoms with Crippen LogP contribution in [-0.2, 0) is 16.0 Å². The molecule has 0 spiro atoms. The predicted molar refractivity (Wildman–Crippen MR) is 79.9 cm³/mol. The number of carbonyl (C=O) groups is 3. The average Bonchev–Trinajstić information content (AvgIpc) is 3.32. The number of nitrogens with zero attached hydrogens (tertiary/aromatic N) is 2. The first kappa shape index (κ1) is 14.6. The van der Waals surface area contributed by atoms with Crippen molar-refractivity contribution < 1.29 is 19.5 Å². The molecule has 0 atom stereocenters. The Morgan fingerprint density at radius 1 is 1.32 bits per heavy atom. The van der Waals surface area contributed by atoms with E-state index in [1.807, 2.05) is 0 Å². The van der Waals surface area contributed by atoms with E-state index >= 15 is 0 Å². The standard InChI is InChI=1S/C16H18N2O4/c1-17-13-6-2-11(8-10(13)3-7-14(17)19)16(22)18(9-15(20)21)12-4-5-12/h2,6,8,12H,3-5,7,9H2,1H3,(H,20,21). The third-order valence-electron chi connectivity index (χ3n) is 4.22. The van der Waals surface area contributed by atoms with Gasteiger partial charge in [-0.25, -0.2) is 0 Å². The van der Waals surface area contributed by atoms with Crippen LogP contribution in [-0.4, -0.2) is 47.4 Å². The molecule has 0 saturated heterocycles. The lowest BCUT2D eigenvalue weighted by Gasteiger charge is -2.27. The van der Waals surface area contributed by atoms with Gasteiger partial charge in [-0.3, -0.25) is 14.4 Å². The number of amides is 2. The Kier molecular flexibility index (Phi) is 3.60. The SMILES string of the molecule is CN1C(=O)CCc2cc(C(=O)N(CC(=O)O)C3CC3)ccc21. The molecule has 1 aromatic rings. The van der Waals surface area contributed by atoms with Gasteiger partial charge in [-0.15, -0.1) is 0 Å². The van der Waals surface area contributed by atoms with Gasteiger partial charge in [0.15, 0.2) is 0 Å². The number of aliphatic carboxylic acids is 1. The summed E-state index contributed by atoms with van der Waals surface area (Å²) in [5.74, 6) is -1.17. The van der Waals surface area contributed by atoms with Crippen LogP contribution in [0.5, 0.6) is 0 Å². The van der Waals surface area contributed by atoms with Crippen LogP contribution in [0.3, 0.4) is 0 Å². The summed E-state index contributed by atoms with van der Waals surface area (Å²) >= 11 is 0. The van der Waals surface area contributed by atoms with E-state index in [1.165, 1.54) is 4.90 Å². The Bertz CT molecular complexity index is 652. The third-order valence-corrected chi connectivity index (χ3v) is 4.22. The predicted octanol–water partition coefficient (Wildman–Crippen LogP) is 1.28. The number of anilines is 1. The molecule has 22 heavy (non-hydrogen) atoms. The first-order chi connectivity index (χ1) is 10.5. The van der Waals surface area contributed by atoms with Crippen LogP contribution in [0, 0.1) is 0 Å². The number of carbonyl (C=O) groups excluding carboxylic acids is 2. The van der Waals surface area contributed by atoms with Crippen molar-refractivity contribution in [3.8, 4) is 0 Å². The molecule has 0 aromatic heterocycles. The van der Waals surface area contributed by atoms with E-state index in [4.69, 9.17) is 5.11 Å². The number of benzene rings is 1. The summed E-state index contributed by atoms with van der Waals surface area (Å²) < 4.78 is 0. The molecule has 1 N–H and O–H groups in total. The quantitative estimate of drug-likeness (QED) is 0.909. The van der Waals surface area contributed by atoms with E-state index in [9.17, 15) is 14.4 Å². The minimum Gasteiger partial charge on any atom is -0.480 e. The van der Waals surface area contributed by atoms with Crippen LogP contribution in [0.2, 0.25) is 0 Å². The van der Waals surface area contributed by atoms with Crippen molar-refractivity contribution in [3.05, 3.63) is 29.3 Å². The number of carboxylic acid groups (broad SMARTS) is 1. The molecular formula is C16H18N2O4. The molecule has 6 nitrogen and oxygen atoms in total. The molecule has 0 unspecified atom stereocenters. The molecule has 1 aromatic carbocycles. The van der Waals surface area contributed by atoms with Crippen molar-refractivity contribution in [1.29, 1.82) is 0 Å². The van der Waals surface area contributed by atoms with Gasteiger partial charge in [0.25, 0.3) is 5.91 Å². The summed E-state index contributed by atoms with van der Waals surface area (Å²) in [6.07, 6.45) is 2.77. The summed E-state index contributed by atoms with van der Waals surface area (Å²) in [4.78, 5) is 38.2. The van der Waals surface area contributed by atoms with Crippen molar-refractivity contribution in [3.63, 3.8) is 0 Å². The lowest BCUT2D eigenvalue weighted by molar-refractivity contribution is -0.137. The summed E-state index contributed by atoms with van der Waals surface area (Å²) in [5.41, 5.74) is 2.28. The summed E-state index contributed by atoms with van der Waals surface area (Å²) in [6, 6.07) is 5.28. The van der Waals surface area contributed by atoms with Crippen molar-refractivity contribution in [1.82, 2.24) is 4.90 Å². The molecule has 6 heteroatoms. The van der Waals surface area contributed by atoms with Gasteiger partial charge < -0.3 is 14.9 Å². The summed E-state index contributed by atoms with van der Waals surface area (Å²) in [7, 11) is 1.72. The van der Waals surface area contributed by atoms with Crippen LogP contribution in [0.4, 0.5) is 5.69 Å². The normalized spacial score (nSPS) is 17.1. The number of hydrogen-bond donors (Lipinski definition) is 1. The fourth-order valence-corrected chi connectivity index (χ4v) is 2.85. The maximum Gasteiger partial charge on any atom is 0.323 e. The van der Waals surface area contributed by atoms with E-state index in [0.29, 0.717) is 18.4 Å². The molecule has 1 saturated carbocycles. The summed E-state index contributed by atoms with van der Waals surface area (Å²) in [6.45, 7) is -0.265. The van der Waals surface area contributed by atoms with Crippen LogP contribution in [0.25, 0.3) is 0 Å². The fraction of sp³-hybridized carbons (Fsp3) is 0.438. The average molecular weight is 302 g/mol. The summed E-state index contributed by atoms with van der Waals surface area (Å²) in [5, 5.41) is 8.97. The highest BCUT2D eigenvalue weighted by Gasteiger charge is 2.34. The molecule has 1 aliphatic carbocycles. The number of carboxylic acids is 1. The molecule has 0 bridgehead atoms. The van der Waals surface area contributed by atoms with Gasteiger partial charge >= 0.3 is 5.97 Å². The fourth-order valence-electron chi connectivity index (χ4n) is 2.85. The molecule has 3 rings (SSSR count). The van der Waals surface area contributed by atoms with Gasteiger partial charge in [0.1, 0.15) is 6.54 Å². The maximum absolute atomic E-state index is 12.6. The number of fused-ring (bicyclic) bond motifs is 1. The number of rotatable bonds is 4. The second kappa shape index (κ2) is 5.44. The van der Waals surface area contributed by atoms with Crippen molar-refractivity contribution in [2.45, 2.75) is 31.7 Å². The number of aryl methyl sites for hydroxylation is 1. The topological polar surface area (TPSA) is 77.9 Å². The van der Waals surface area contributed by atoms with Crippen LogP contribution in [0.15, 0.2) is 18.2 Å². The van der Waals surface area contributed by atoms with Gasteiger partial charge in [0.05, 0.1) is 0 Å². The molecule has 116 valence electrons. The molecule has 1 heterocycles. The number of hydrogen-bond acceptors (Lipinski definition) is 3. The van der Waals surface area contributed by atoms with Crippen molar-refractivity contribution in [2.24, 2.45) is 0 Å². The highest BCUT2D eigenvalue weighted by atomic mass is 16.4. The van der Waals surface area contributed by atoms with Crippen LogP contribution >= 0.6 is 0 Å². The zero-order valence-corrected chi connectivity index (χ0v) is 12.4. The van der Waals surface area contributed by atoms with Crippen molar-refractivity contribution in [2.75, 3.05) is 18.5 Å². The highest BCUT2D eigenvalue weighted by Crippen LogP contribution is 2.31. The van der Waals surface area contributed by atoms with Crippen molar-refractivity contribution >= 4 is 23.5 Å². The monoisotopic (exact) mass is 302 g/mol. The van der Waals surface area contributed by atoms with E-state index in [1.54, 1.807) is 30.1 Å². The molecule has 1 aliphatic heterocycles. The molecule has 2 amide bonds. The van der Waals surface area contributed by atoms with Gasteiger partial charge in [0, 0.05) is 30.8 Å². The van der Waals surface area contributed by atoms with Gasteiger partial charge in [-0.05, 0) is 43.0 Å². The van der Waals surface area contributed by atoms with E-state index in [2.05, 4.69) is 0 Å². The minimum atomic E-state index is -0.997. The Hall–Kier alpha value is -2.37. The molecule has 0 radical (unpaired) electrons. The van der Waals surface area contributed by atoms with Crippen LogP contribution < -0.4 is 4.90 Å². The largest absolute Gasteiger partial charge is 0.480 e. The lowest BCUT2D eigenvalue weighted by Crippen LogP contribution is -2.37.